The number of carbonyl (C=O) groups excluding carboxylic acids is 1. The van der Waals surface area contributed by atoms with Gasteiger partial charge in [-0.05, 0) is 47.2 Å². The molecule has 1 rings (SSSR count). The Morgan fingerprint density at radius 3 is 2.67 bits per heavy atom. The Morgan fingerprint density at radius 2 is 2.17 bits per heavy atom. The molecule has 1 aromatic carbocycles. The Bertz CT molecular complexity index is 465. The Balaban J connectivity index is 2.83. The molecule has 0 radical (unpaired) electrons. The van der Waals surface area contributed by atoms with Crippen molar-refractivity contribution in [3.05, 3.63) is 33.1 Å². The van der Waals surface area contributed by atoms with Crippen molar-refractivity contribution in [2.75, 3.05) is 0 Å². The van der Waals surface area contributed by atoms with E-state index in [4.69, 9.17) is 5.11 Å². The lowest BCUT2D eigenvalue weighted by atomic mass is 10.1. The molecule has 2 N–H and O–H groups in total. The normalized spacial score (nSPS) is 11.9. The maximum absolute atomic E-state index is 12.9. The molecule has 0 bridgehead atoms. The van der Waals surface area contributed by atoms with Crippen LogP contribution < -0.4 is 5.32 Å². The number of carbonyl (C=O) groups is 2. The van der Waals surface area contributed by atoms with Crippen molar-refractivity contribution in [2.45, 2.75) is 25.8 Å². The van der Waals surface area contributed by atoms with Crippen molar-refractivity contribution >= 4 is 34.5 Å². The maximum Gasteiger partial charge on any atom is 0.326 e. The fourth-order valence-corrected chi connectivity index (χ4v) is 2.18. The first kappa shape index (κ1) is 14.9. The largest absolute Gasteiger partial charge is 0.480 e. The van der Waals surface area contributed by atoms with Gasteiger partial charge in [0, 0.05) is 3.57 Å². The average molecular weight is 365 g/mol. The van der Waals surface area contributed by atoms with Crippen LogP contribution in [0.3, 0.4) is 0 Å². The second-order valence-electron chi connectivity index (χ2n) is 3.78. The van der Waals surface area contributed by atoms with Gasteiger partial charge in [0.05, 0.1) is 5.56 Å². The maximum atomic E-state index is 12.9. The van der Waals surface area contributed by atoms with Gasteiger partial charge < -0.3 is 10.4 Å². The third kappa shape index (κ3) is 3.94. The average Bonchev–Trinajstić information content (AvgIpc) is 2.27. The van der Waals surface area contributed by atoms with Crippen LogP contribution >= 0.6 is 22.6 Å². The van der Waals surface area contributed by atoms with E-state index in [0.29, 0.717) is 16.4 Å². The minimum absolute atomic E-state index is 0.277. The summed E-state index contributed by atoms with van der Waals surface area (Å²) in [7, 11) is 0. The summed E-state index contributed by atoms with van der Waals surface area (Å²) < 4.78 is 13.3. The molecule has 0 saturated heterocycles. The molecule has 0 aromatic heterocycles. The van der Waals surface area contributed by atoms with Gasteiger partial charge in [0.1, 0.15) is 11.9 Å². The van der Waals surface area contributed by atoms with Crippen LogP contribution in [0.4, 0.5) is 4.39 Å². The summed E-state index contributed by atoms with van der Waals surface area (Å²) in [5.74, 6) is -2.00. The van der Waals surface area contributed by atoms with Crippen molar-refractivity contribution in [1.29, 1.82) is 0 Å². The van der Waals surface area contributed by atoms with Crippen LogP contribution in [0.15, 0.2) is 18.2 Å². The van der Waals surface area contributed by atoms with Gasteiger partial charge in [-0.15, -0.1) is 0 Å². The first-order chi connectivity index (χ1) is 8.45. The van der Waals surface area contributed by atoms with Gasteiger partial charge >= 0.3 is 5.97 Å². The first-order valence-corrected chi connectivity index (χ1v) is 6.52. The van der Waals surface area contributed by atoms with E-state index in [1.807, 2.05) is 29.5 Å². The number of aliphatic carboxylic acids is 1. The van der Waals surface area contributed by atoms with E-state index in [-0.39, 0.29) is 5.56 Å². The quantitative estimate of drug-likeness (QED) is 0.788. The summed E-state index contributed by atoms with van der Waals surface area (Å²) >= 11 is 1.84. The standard InChI is InChI=1S/C12H13FINO3/c1-2-3-10(12(17)18)15-11(16)8-5-4-7(13)6-9(8)14/h4-6,10H,2-3H2,1H3,(H,15,16)(H,17,18)/t10-/m1/s1. The fraction of sp³-hybridized carbons (Fsp3) is 0.333. The number of carboxylic acid groups (broad SMARTS) is 1. The number of hydrogen-bond acceptors (Lipinski definition) is 2. The summed E-state index contributed by atoms with van der Waals surface area (Å²) in [6.45, 7) is 1.84. The molecule has 1 aromatic rings. The van der Waals surface area contributed by atoms with Crippen LogP contribution in [0, 0.1) is 9.39 Å². The zero-order valence-corrected chi connectivity index (χ0v) is 11.9. The van der Waals surface area contributed by atoms with Gasteiger partial charge in [-0.25, -0.2) is 9.18 Å². The summed E-state index contributed by atoms with van der Waals surface area (Å²) in [5.41, 5.74) is 0.277. The minimum atomic E-state index is -1.07. The molecule has 0 fully saturated rings. The highest BCUT2D eigenvalue weighted by Gasteiger charge is 2.20. The number of rotatable bonds is 5. The number of halogens is 2. The van der Waals surface area contributed by atoms with E-state index in [0.717, 1.165) is 0 Å². The highest BCUT2D eigenvalue weighted by Crippen LogP contribution is 2.14. The Morgan fingerprint density at radius 1 is 1.50 bits per heavy atom. The Hall–Kier alpha value is -1.18. The molecule has 0 spiro atoms. The molecule has 0 aliphatic carbocycles. The molecule has 4 nitrogen and oxygen atoms in total. The van der Waals surface area contributed by atoms with E-state index in [2.05, 4.69) is 5.32 Å². The lowest BCUT2D eigenvalue weighted by Crippen LogP contribution is -2.40. The minimum Gasteiger partial charge on any atom is -0.480 e. The van der Waals surface area contributed by atoms with E-state index in [1.54, 1.807) is 0 Å². The number of benzene rings is 1. The molecule has 6 heteroatoms. The third-order valence-corrected chi connectivity index (χ3v) is 3.25. The lowest BCUT2D eigenvalue weighted by molar-refractivity contribution is -0.139. The molecule has 1 amide bonds. The number of amides is 1. The molecule has 98 valence electrons. The molecule has 0 unspecified atom stereocenters. The van der Waals surface area contributed by atoms with Crippen LogP contribution in [0.2, 0.25) is 0 Å². The smallest absolute Gasteiger partial charge is 0.326 e. The van der Waals surface area contributed by atoms with Crippen molar-refractivity contribution in [1.82, 2.24) is 5.32 Å². The molecule has 0 aliphatic rings. The van der Waals surface area contributed by atoms with Gasteiger partial charge in [0.25, 0.3) is 5.91 Å². The summed E-state index contributed by atoms with van der Waals surface area (Å²) in [6, 6.07) is 2.83. The second-order valence-corrected chi connectivity index (χ2v) is 4.94. The zero-order valence-electron chi connectivity index (χ0n) is 9.74. The predicted octanol–water partition coefficient (Wildman–Crippen LogP) is 2.41. The number of hydrogen-bond donors (Lipinski definition) is 2. The molecule has 1 atom stereocenters. The van der Waals surface area contributed by atoms with Crippen LogP contribution in [0.25, 0.3) is 0 Å². The summed E-state index contributed by atoms with van der Waals surface area (Å²) in [5, 5.41) is 11.4. The lowest BCUT2D eigenvalue weighted by Gasteiger charge is -2.14. The molecule has 0 saturated carbocycles. The van der Waals surface area contributed by atoms with Crippen LogP contribution in [-0.4, -0.2) is 23.0 Å². The highest BCUT2D eigenvalue weighted by atomic mass is 127. The SMILES string of the molecule is CCC[C@@H](NC(=O)c1ccc(F)cc1I)C(=O)O. The van der Waals surface area contributed by atoms with Gasteiger partial charge in [-0.2, -0.15) is 0 Å². The van der Waals surface area contributed by atoms with Crippen molar-refractivity contribution < 1.29 is 19.1 Å². The van der Waals surface area contributed by atoms with Crippen LogP contribution in [-0.2, 0) is 4.79 Å². The summed E-state index contributed by atoms with van der Waals surface area (Å²) in [4.78, 5) is 22.8. The monoisotopic (exact) mass is 365 g/mol. The summed E-state index contributed by atoms with van der Waals surface area (Å²) in [6.07, 6.45) is 1.01. The third-order valence-electron chi connectivity index (χ3n) is 2.36. The molecule has 0 heterocycles. The van der Waals surface area contributed by atoms with Crippen molar-refractivity contribution in [2.24, 2.45) is 0 Å². The van der Waals surface area contributed by atoms with Crippen molar-refractivity contribution in [3.63, 3.8) is 0 Å². The van der Waals surface area contributed by atoms with E-state index in [1.165, 1.54) is 18.2 Å². The highest BCUT2D eigenvalue weighted by molar-refractivity contribution is 14.1. The van der Waals surface area contributed by atoms with Crippen LogP contribution in [0.1, 0.15) is 30.1 Å². The molecular formula is C12H13FINO3. The molecular weight excluding hydrogens is 352 g/mol. The topological polar surface area (TPSA) is 66.4 Å². The van der Waals surface area contributed by atoms with E-state index >= 15 is 0 Å². The van der Waals surface area contributed by atoms with Gasteiger partial charge in [-0.3, -0.25) is 4.79 Å². The molecule has 18 heavy (non-hydrogen) atoms. The van der Waals surface area contributed by atoms with Gasteiger partial charge in [0.2, 0.25) is 0 Å². The Labute approximate surface area is 118 Å². The zero-order chi connectivity index (χ0) is 13.7. The fourth-order valence-electron chi connectivity index (χ4n) is 1.46. The molecule has 0 aliphatic heterocycles. The number of carboxylic acids is 1. The van der Waals surface area contributed by atoms with E-state index < -0.39 is 23.7 Å². The first-order valence-electron chi connectivity index (χ1n) is 5.44. The van der Waals surface area contributed by atoms with E-state index in [9.17, 15) is 14.0 Å². The predicted molar refractivity (Wildman–Crippen MR) is 72.9 cm³/mol. The van der Waals surface area contributed by atoms with Crippen LogP contribution in [0.5, 0.6) is 0 Å². The van der Waals surface area contributed by atoms with Gasteiger partial charge in [0.15, 0.2) is 0 Å². The Kier molecular flexibility index (Phi) is 5.52. The van der Waals surface area contributed by atoms with Gasteiger partial charge in [-0.1, -0.05) is 13.3 Å². The second kappa shape index (κ2) is 6.67. The van der Waals surface area contributed by atoms with Crippen molar-refractivity contribution in [3.8, 4) is 0 Å². The number of nitrogens with one attached hydrogen (secondary N) is 1.